The first-order valence-corrected chi connectivity index (χ1v) is 7.66. The molecule has 1 aromatic carbocycles. The number of carbonyl (C=O) groups is 1. The topological polar surface area (TPSA) is 48.0 Å². The van der Waals surface area contributed by atoms with E-state index in [0.29, 0.717) is 22.8 Å². The third-order valence-corrected chi connectivity index (χ3v) is 4.34. The smallest absolute Gasteiger partial charge is 0.254 e. The van der Waals surface area contributed by atoms with Crippen LogP contribution in [0.4, 0.5) is 0 Å². The van der Waals surface area contributed by atoms with E-state index >= 15 is 0 Å². The van der Waals surface area contributed by atoms with Crippen LogP contribution in [0.1, 0.15) is 43.5 Å². The minimum atomic E-state index is 0.0129. The Morgan fingerprint density at radius 3 is 1.91 bits per heavy atom. The van der Waals surface area contributed by atoms with Crippen molar-refractivity contribution in [2.45, 2.75) is 45.2 Å². The highest BCUT2D eigenvalue weighted by Crippen LogP contribution is 2.39. The van der Waals surface area contributed by atoms with Gasteiger partial charge in [-0.1, -0.05) is 0 Å². The minimum Gasteiger partial charge on any atom is -0.493 e. The van der Waals surface area contributed by atoms with Gasteiger partial charge in [0.2, 0.25) is 5.75 Å². The number of piperidine rings is 1. The van der Waals surface area contributed by atoms with E-state index in [1.54, 1.807) is 33.5 Å². The van der Waals surface area contributed by atoms with Crippen molar-refractivity contribution in [2.75, 3.05) is 21.3 Å². The lowest BCUT2D eigenvalue weighted by molar-refractivity contribution is 0.0510. The summed E-state index contributed by atoms with van der Waals surface area (Å²) in [6.45, 7) is 4.21. The number of nitrogens with zero attached hydrogens (tertiary/aromatic N) is 1. The van der Waals surface area contributed by atoms with Crippen LogP contribution >= 0.6 is 0 Å². The molecule has 0 aromatic heterocycles. The van der Waals surface area contributed by atoms with Gasteiger partial charge < -0.3 is 19.1 Å². The van der Waals surface area contributed by atoms with Gasteiger partial charge in [0.25, 0.3) is 5.91 Å². The van der Waals surface area contributed by atoms with E-state index < -0.39 is 0 Å². The highest BCUT2D eigenvalue weighted by molar-refractivity contribution is 5.96. The maximum absolute atomic E-state index is 12.9. The molecule has 1 heterocycles. The number of methoxy groups -OCH3 is 3. The minimum absolute atomic E-state index is 0.0129. The molecule has 0 unspecified atom stereocenters. The van der Waals surface area contributed by atoms with Crippen LogP contribution in [-0.4, -0.2) is 44.2 Å². The highest BCUT2D eigenvalue weighted by atomic mass is 16.5. The highest BCUT2D eigenvalue weighted by Gasteiger charge is 2.30. The van der Waals surface area contributed by atoms with E-state index in [-0.39, 0.29) is 18.0 Å². The summed E-state index contributed by atoms with van der Waals surface area (Å²) in [5.74, 6) is 1.52. The maximum atomic E-state index is 12.9. The largest absolute Gasteiger partial charge is 0.493 e. The Hall–Kier alpha value is -1.91. The number of amides is 1. The van der Waals surface area contributed by atoms with Crippen molar-refractivity contribution in [3.05, 3.63) is 17.7 Å². The van der Waals surface area contributed by atoms with Gasteiger partial charge >= 0.3 is 0 Å². The van der Waals surface area contributed by atoms with Crippen LogP contribution in [0.5, 0.6) is 17.2 Å². The van der Waals surface area contributed by atoms with Crippen molar-refractivity contribution in [3.63, 3.8) is 0 Å². The monoisotopic (exact) mass is 307 g/mol. The van der Waals surface area contributed by atoms with Crippen molar-refractivity contribution in [2.24, 2.45) is 0 Å². The lowest BCUT2D eigenvalue weighted by atomic mass is 9.96. The molecule has 122 valence electrons. The number of benzene rings is 1. The third-order valence-electron chi connectivity index (χ3n) is 4.34. The first kappa shape index (κ1) is 16.5. The van der Waals surface area contributed by atoms with E-state index in [0.717, 1.165) is 12.8 Å². The molecule has 1 amide bonds. The van der Waals surface area contributed by atoms with Crippen LogP contribution in [0, 0.1) is 0 Å². The number of ether oxygens (including phenoxy) is 3. The zero-order chi connectivity index (χ0) is 16.3. The molecule has 0 N–H and O–H groups in total. The van der Waals surface area contributed by atoms with Gasteiger partial charge in [0, 0.05) is 17.6 Å². The van der Waals surface area contributed by atoms with Crippen LogP contribution < -0.4 is 14.2 Å². The molecule has 5 nitrogen and oxygen atoms in total. The predicted octanol–water partition coefficient (Wildman–Crippen LogP) is 3.12. The van der Waals surface area contributed by atoms with Gasteiger partial charge in [-0.2, -0.15) is 0 Å². The lowest BCUT2D eigenvalue weighted by Crippen LogP contribution is -2.47. The molecule has 1 aliphatic rings. The molecule has 0 saturated carbocycles. The fourth-order valence-electron chi connectivity index (χ4n) is 3.18. The van der Waals surface area contributed by atoms with E-state index in [9.17, 15) is 4.79 Å². The summed E-state index contributed by atoms with van der Waals surface area (Å²) in [6, 6.07) is 3.93. The Morgan fingerprint density at radius 1 is 1.00 bits per heavy atom. The maximum Gasteiger partial charge on any atom is 0.254 e. The number of hydrogen-bond donors (Lipinski definition) is 0. The lowest BCUT2D eigenvalue weighted by Gasteiger charge is -2.39. The normalized spacial score (nSPS) is 21.4. The first-order chi connectivity index (χ1) is 10.5. The van der Waals surface area contributed by atoms with Gasteiger partial charge in [0.05, 0.1) is 21.3 Å². The summed E-state index contributed by atoms with van der Waals surface area (Å²) in [7, 11) is 4.66. The standard InChI is InChI=1S/C17H25NO4/c1-11-7-6-8-12(2)18(11)17(19)13-9-14(20-3)16(22-5)15(10-13)21-4/h9-12H,6-8H2,1-5H3/t11-,12-/m1/s1. The fraction of sp³-hybridized carbons (Fsp3) is 0.588. The van der Waals surface area contributed by atoms with Crippen molar-refractivity contribution in [3.8, 4) is 17.2 Å². The van der Waals surface area contributed by atoms with E-state index in [4.69, 9.17) is 14.2 Å². The molecule has 5 heteroatoms. The average molecular weight is 307 g/mol. The summed E-state index contributed by atoms with van der Waals surface area (Å²) in [5.41, 5.74) is 0.565. The molecular weight excluding hydrogens is 282 g/mol. The molecule has 0 radical (unpaired) electrons. The Balaban J connectivity index is 2.41. The van der Waals surface area contributed by atoms with Crippen LogP contribution in [0.3, 0.4) is 0 Å². The van der Waals surface area contributed by atoms with Crippen LogP contribution in [0.15, 0.2) is 12.1 Å². The summed E-state index contributed by atoms with van der Waals surface area (Å²) in [4.78, 5) is 14.9. The molecule has 0 spiro atoms. The SMILES string of the molecule is COc1cc(C(=O)N2[C@H](C)CCC[C@H]2C)cc(OC)c1OC. The molecule has 0 bridgehead atoms. The average Bonchev–Trinajstić information content (AvgIpc) is 2.52. The second kappa shape index (κ2) is 6.90. The first-order valence-electron chi connectivity index (χ1n) is 7.66. The van der Waals surface area contributed by atoms with Crippen LogP contribution in [0.25, 0.3) is 0 Å². The molecule has 1 aromatic rings. The van der Waals surface area contributed by atoms with Gasteiger partial charge in [-0.15, -0.1) is 0 Å². The number of rotatable bonds is 4. The van der Waals surface area contributed by atoms with Crippen LogP contribution in [-0.2, 0) is 0 Å². The van der Waals surface area contributed by atoms with Crippen molar-refractivity contribution in [1.82, 2.24) is 4.90 Å². The molecule has 1 saturated heterocycles. The van der Waals surface area contributed by atoms with Gasteiger partial charge in [0.1, 0.15) is 0 Å². The molecule has 22 heavy (non-hydrogen) atoms. The Bertz CT molecular complexity index is 508. The second-order valence-corrected chi connectivity index (χ2v) is 5.76. The van der Waals surface area contributed by atoms with Crippen molar-refractivity contribution >= 4 is 5.91 Å². The molecule has 0 aliphatic carbocycles. The second-order valence-electron chi connectivity index (χ2n) is 5.76. The Morgan fingerprint density at radius 2 is 1.50 bits per heavy atom. The zero-order valence-electron chi connectivity index (χ0n) is 14.0. The van der Waals surface area contributed by atoms with Gasteiger partial charge in [0.15, 0.2) is 11.5 Å². The predicted molar refractivity (Wildman–Crippen MR) is 85.0 cm³/mol. The zero-order valence-corrected chi connectivity index (χ0v) is 14.0. The van der Waals surface area contributed by atoms with Gasteiger partial charge in [-0.25, -0.2) is 0 Å². The number of likely N-dealkylation sites (tertiary alicyclic amines) is 1. The molecule has 1 aliphatic heterocycles. The Kier molecular flexibility index (Phi) is 5.16. The summed E-state index contributed by atoms with van der Waals surface area (Å²) in [6.07, 6.45) is 3.25. The van der Waals surface area contributed by atoms with Gasteiger partial charge in [-0.3, -0.25) is 4.79 Å². The van der Waals surface area contributed by atoms with Crippen molar-refractivity contribution in [1.29, 1.82) is 0 Å². The molecule has 2 rings (SSSR count). The van der Waals surface area contributed by atoms with E-state index in [1.807, 2.05) is 4.90 Å². The molecule has 2 atom stereocenters. The fourth-order valence-corrected chi connectivity index (χ4v) is 3.18. The summed E-state index contributed by atoms with van der Waals surface area (Å²) in [5, 5.41) is 0. The summed E-state index contributed by atoms with van der Waals surface area (Å²) >= 11 is 0. The van der Waals surface area contributed by atoms with Crippen LogP contribution in [0.2, 0.25) is 0 Å². The third kappa shape index (κ3) is 2.98. The van der Waals surface area contributed by atoms with E-state index in [1.165, 1.54) is 6.42 Å². The molecular formula is C17H25NO4. The quantitative estimate of drug-likeness (QED) is 0.857. The number of carbonyl (C=O) groups excluding carboxylic acids is 1. The number of hydrogen-bond acceptors (Lipinski definition) is 4. The van der Waals surface area contributed by atoms with E-state index in [2.05, 4.69) is 13.8 Å². The molecule has 1 fully saturated rings. The Labute approximate surface area is 132 Å². The van der Waals surface area contributed by atoms with Gasteiger partial charge in [-0.05, 0) is 45.2 Å². The summed E-state index contributed by atoms with van der Waals surface area (Å²) < 4.78 is 16.0. The van der Waals surface area contributed by atoms with Crippen molar-refractivity contribution < 1.29 is 19.0 Å².